The Morgan fingerprint density at radius 3 is 2.74 bits per heavy atom. The van der Waals surface area contributed by atoms with E-state index in [0.717, 1.165) is 5.92 Å². The molecule has 1 unspecified atom stereocenters. The molecule has 2 heteroatoms. The van der Waals surface area contributed by atoms with Gasteiger partial charge in [-0.3, -0.25) is 4.90 Å². The normalized spacial score (nSPS) is 23.8. The van der Waals surface area contributed by atoms with E-state index in [4.69, 9.17) is 0 Å². The number of hydrogen-bond acceptors (Lipinski definition) is 2. The Morgan fingerprint density at radius 1 is 1.16 bits per heavy atom. The molecule has 0 spiro atoms. The van der Waals surface area contributed by atoms with Crippen LogP contribution in [0, 0.1) is 5.92 Å². The molecule has 1 fully saturated rings. The molecule has 1 saturated heterocycles. The van der Waals surface area contributed by atoms with Crippen LogP contribution < -0.4 is 5.32 Å². The lowest BCUT2D eigenvalue weighted by Gasteiger charge is -2.33. The highest BCUT2D eigenvalue weighted by Crippen LogP contribution is 2.36. The molecule has 1 aliphatic carbocycles. The monoisotopic (exact) mass is 258 g/mol. The molecule has 3 rings (SSSR count). The van der Waals surface area contributed by atoms with Crippen LogP contribution in [0.25, 0.3) is 0 Å². The van der Waals surface area contributed by atoms with E-state index >= 15 is 0 Å². The molecule has 1 aliphatic heterocycles. The number of piperidine rings is 1. The molecule has 104 valence electrons. The Hall–Kier alpha value is -0.860. The Balaban J connectivity index is 1.69. The van der Waals surface area contributed by atoms with E-state index in [1.54, 1.807) is 11.1 Å². The maximum atomic E-state index is 3.47. The highest BCUT2D eigenvalue weighted by Gasteiger charge is 2.28. The van der Waals surface area contributed by atoms with E-state index in [1.807, 2.05) is 0 Å². The standard InChI is InChI=1S/C17H26N2/c1-2-19(13-14-9-11-18-12-10-14)17-8-7-15-5-3-4-6-16(15)17/h3-6,14,17-18H,2,7-13H2,1H3. The second kappa shape index (κ2) is 6.06. The van der Waals surface area contributed by atoms with Gasteiger partial charge in [-0.05, 0) is 62.4 Å². The first-order valence-electron chi connectivity index (χ1n) is 7.91. The first-order valence-corrected chi connectivity index (χ1v) is 7.91. The van der Waals surface area contributed by atoms with Gasteiger partial charge in [-0.15, -0.1) is 0 Å². The summed E-state index contributed by atoms with van der Waals surface area (Å²) in [7, 11) is 0. The molecular formula is C17H26N2. The fraction of sp³-hybridized carbons (Fsp3) is 0.647. The highest BCUT2D eigenvalue weighted by atomic mass is 15.2. The fourth-order valence-corrected chi connectivity index (χ4v) is 3.79. The summed E-state index contributed by atoms with van der Waals surface area (Å²) in [6.07, 6.45) is 5.29. The van der Waals surface area contributed by atoms with E-state index < -0.39 is 0 Å². The van der Waals surface area contributed by atoms with Crippen molar-refractivity contribution in [1.82, 2.24) is 10.2 Å². The van der Waals surface area contributed by atoms with E-state index in [-0.39, 0.29) is 0 Å². The van der Waals surface area contributed by atoms with Crippen molar-refractivity contribution in [2.75, 3.05) is 26.2 Å². The van der Waals surface area contributed by atoms with Crippen LogP contribution in [0.1, 0.15) is 43.4 Å². The minimum absolute atomic E-state index is 0.677. The maximum absolute atomic E-state index is 3.47. The Labute approximate surface area is 117 Å². The second-order valence-corrected chi connectivity index (χ2v) is 6.03. The Bertz CT molecular complexity index is 409. The minimum atomic E-state index is 0.677. The summed E-state index contributed by atoms with van der Waals surface area (Å²) in [4.78, 5) is 2.72. The molecule has 0 saturated carbocycles. The van der Waals surface area contributed by atoms with E-state index in [0.29, 0.717) is 6.04 Å². The van der Waals surface area contributed by atoms with Gasteiger partial charge >= 0.3 is 0 Å². The molecule has 0 aromatic heterocycles. The molecule has 0 amide bonds. The van der Waals surface area contributed by atoms with Gasteiger partial charge < -0.3 is 5.32 Å². The van der Waals surface area contributed by atoms with Gasteiger partial charge in [0.05, 0.1) is 0 Å². The molecule has 0 radical (unpaired) electrons. The third-order valence-corrected chi connectivity index (χ3v) is 4.90. The van der Waals surface area contributed by atoms with Crippen LogP contribution in [-0.4, -0.2) is 31.1 Å². The topological polar surface area (TPSA) is 15.3 Å². The van der Waals surface area contributed by atoms with Crippen molar-refractivity contribution >= 4 is 0 Å². The van der Waals surface area contributed by atoms with Crippen molar-refractivity contribution in [3.63, 3.8) is 0 Å². The summed E-state index contributed by atoms with van der Waals surface area (Å²) in [5.41, 5.74) is 3.18. The number of rotatable bonds is 4. The number of hydrogen-bond donors (Lipinski definition) is 1. The smallest absolute Gasteiger partial charge is 0.0354 e. The van der Waals surface area contributed by atoms with Crippen molar-refractivity contribution < 1.29 is 0 Å². The van der Waals surface area contributed by atoms with E-state index in [9.17, 15) is 0 Å². The lowest BCUT2D eigenvalue weighted by Crippen LogP contribution is -2.37. The van der Waals surface area contributed by atoms with Crippen LogP contribution in [0.15, 0.2) is 24.3 Å². The Morgan fingerprint density at radius 2 is 1.95 bits per heavy atom. The average Bonchev–Trinajstić information content (AvgIpc) is 2.90. The van der Waals surface area contributed by atoms with Gasteiger partial charge in [0.2, 0.25) is 0 Å². The van der Waals surface area contributed by atoms with Crippen molar-refractivity contribution in [3.05, 3.63) is 35.4 Å². The molecule has 1 N–H and O–H groups in total. The van der Waals surface area contributed by atoms with Gasteiger partial charge in [-0.1, -0.05) is 31.2 Å². The predicted molar refractivity (Wildman–Crippen MR) is 80.3 cm³/mol. The number of benzene rings is 1. The van der Waals surface area contributed by atoms with E-state index in [1.165, 1.54) is 51.9 Å². The van der Waals surface area contributed by atoms with Crippen LogP contribution in [-0.2, 0) is 6.42 Å². The van der Waals surface area contributed by atoms with E-state index in [2.05, 4.69) is 41.4 Å². The molecular weight excluding hydrogens is 232 g/mol. The summed E-state index contributed by atoms with van der Waals surface area (Å²) in [5.74, 6) is 0.897. The van der Waals surface area contributed by atoms with Crippen LogP contribution in [0.3, 0.4) is 0 Å². The van der Waals surface area contributed by atoms with Gasteiger partial charge in [-0.2, -0.15) is 0 Å². The third-order valence-electron chi connectivity index (χ3n) is 4.90. The zero-order chi connectivity index (χ0) is 13.1. The minimum Gasteiger partial charge on any atom is -0.317 e. The molecule has 1 atom stereocenters. The van der Waals surface area contributed by atoms with Gasteiger partial charge in [0.25, 0.3) is 0 Å². The summed E-state index contributed by atoms with van der Waals surface area (Å²) >= 11 is 0. The molecule has 1 heterocycles. The van der Waals surface area contributed by atoms with Crippen LogP contribution in [0.4, 0.5) is 0 Å². The van der Waals surface area contributed by atoms with Gasteiger partial charge in [0.1, 0.15) is 0 Å². The van der Waals surface area contributed by atoms with Gasteiger partial charge in [0, 0.05) is 12.6 Å². The predicted octanol–water partition coefficient (Wildman–Crippen LogP) is 3.00. The molecule has 2 nitrogen and oxygen atoms in total. The van der Waals surface area contributed by atoms with Crippen molar-refractivity contribution in [3.8, 4) is 0 Å². The summed E-state index contributed by atoms with van der Waals surface area (Å²) in [5, 5.41) is 3.47. The number of fused-ring (bicyclic) bond motifs is 1. The summed E-state index contributed by atoms with van der Waals surface area (Å²) < 4.78 is 0. The number of nitrogens with zero attached hydrogens (tertiary/aromatic N) is 1. The lowest BCUT2D eigenvalue weighted by atomic mass is 9.96. The van der Waals surface area contributed by atoms with Crippen molar-refractivity contribution in [2.24, 2.45) is 5.92 Å². The molecule has 1 aromatic carbocycles. The first kappa shape index (κ1) is 13.1. The molecule has 0 bridgehead atoms. The fourth-order valence-electron chi connectivity index (χ4n) is 3.79. The SMILES string of the molecule is CCN(CC1CCNCC1)C1CCc2ccccc21. The largest absolute Gasteiger partial charge is 0.317 e. The van der Waals surface area contributed by atoms with Crippen molar-refractivity contribution in [1.29, 1.82) is 0 Å². The lowest BCUT2D eigenvalue weighted by molar-refractivity contribution is 0.158. The zero-order valence-corrected chi connectivity index (χ0v) is 12.1. The zero-order valence-electron chi connectivity index (χ0n) is 12.1. The van der Waals surface area contributed by atoms with Gasteiger partial charge in [-0.25, -0.2) is 0 Å². The van der Waals surface area contributed by atoms with Crippen LogP contribution in [0.5, 0.6) is 0 Å². The first-order chi connectivity index (χ1) is 9.38. The van der Waals surface area contributed by atoms with Gasteiger partial charge in [0.15, 0.2) is 0 Å². The molecule has 19 heavy (non-hydrogen) atoms. The summed E-state index contributed by atoms with van der Waals surface area (Å²) in [6, 6.07) is 9.72. The maximum Gasteiger partial charge on any atom is 0.0354 e. The molecule has 2 aliphatic rings. The third kappa shape index (κ3) is 2.85. The molecule has 1 aromatic rings. The Kier molecular flexibility index (Phi) is 4.19. The second-order valence-electron chi connectivity index (χ2n) is 6.03. The average molecular weight is 258 g/mol. The highest BCUT2D eigenvalue weighted by molar-refractivity contribution is 5.34. The number of nitrogens with one attached hydrogen (secondary N) is 1. The van der Waals surface area contributed by atoms with Crippen molar-refractivity contribution in [2.45, 2.75) is 38.6 Å². The number of aryl methyl sites for hydroxylation is 1. The van der Waals surface area contributed by atoms with Crippen LogP contribution >= 0.6 is 0 Å². The van der Waals surface area contributed by atoms with Crippen LogP contribution in [0.2, 0.25) is 0 Å². The summed E-state index contributed by atoms with van der Waals surface area (Å²) in [6.45, 7) is 7.22. The quantitative estimate of drug-likeness (QED) is 0.893.